The molecule has 5 nitrogen and oxygen atoms in total. The summed E-state index contributed by atoms with van der Waals surface area (Å²) in [4.78, 5) is 12.3. The SMILES string of the molecule is COc1cnn(C(C)C)c1C(=O)CC1CCCO1. The number of ether oxygens (including phenoxy) is 2. The van der Waals surface area contributed by atoms with Gasteiger partial charge in [-0.2, -0.15) is 5.10 Å². The van der Waals surface area contributed by atoms with Crippen LogP contribution in [0.1, 0.15) is 49.6 Å². The summed E-state index contributed by atoms with van der Waals surface area (Å²) >= 11 is 0. The van der Waals surface area contributed by atoms with Gasteiger partial charge in [-0.25, -0.2) is 0 Å². The predicted octanol–water partition coefficient (Wildman–Crippen LogP) is 2.22. The van der Waals surface area contributed by atoms with E-state index in [2.05, 4.69) is 5.10 Å². The molecule has 0 bridgehead atoms. The van der Waals surface area contributed by atoms with Crippen molar-refractivity contribution in [3.8, 4) is 5.75 Å². The van der Waals surface area contributed by atoms with Gasteiger partial charge in [-0.1, -0.05) is 0 Å². The fourth-order valence-corrected chi connectivity index (χ4v) is 2.26. The molecule has 18 heavy (non-hydrogen) atoms. The molecule has 1 fully saturated rings. The minimum atomic E-state index is 0.0463. The lowest BCUT2D eigenvalue weighted by molar-refractivity contribution is 0.0763. The molecule has 1 unspecified atom stereocenters. The number of methoxy groups -OCH3 is 1. The molecule has 2 heterocycles. The second kappa shape index (κ2) is 5.52. The highest BCUT2D eigenvalue weighted by molar-refractivity contribution is 5.97. The van der Waals surface area contributed by atoms with E-state index in [9.17, 15) is 4.79 Å². The molecule has 0 aliphatic carbocycles. The van der Waals surface area contributed by atoms with Gasteiger partial charge in [0.1, 0.15) is 5.69 Å². The van der Waals surface area contributed by atoms with Crippen LogP contribution in [0.3, 0.4) is 0 Å². The molecular weight excluding hydrogens is 232 g/mol. The third kappa shape index (κ3) is 2.56. The summed E-state index contributed by atoms with van der Waals surface area (Å²) in [6.07, 6.45) is 4.07. The Balaban J connectivity index is 2.19. The van der Waals surface area contributed by atoms with Crippen molar-refractivity contribution in [3.05, 3.63) is 11.9 Å². The van der Waals surface area contributed by atoms with Crippen molar-refractivity contribution in [1.29, 1.82) is 0 Å². The molecule has 0 radical (unpaired) electrons. The van der Waals surface area contributed by atoms with Gasteiger partial charge in [-0.15, -0.1) is 0 Å². The van der Waals surface area contributed by atoms with E-state index in [0.717, 1.165) is 19.4 Å². The van der Waals surface area contributed by atoms with Gasteiger partial charge < -0.3 is 9.47 Å². The Kier molecular flexibility index (Phi) is 4.01. The number of nitrogens with zero attached hydrogens (tertiary/aromatic N) is 2. The molecule has 2 rings (SSSR count). The van der Waals surface area contributed by atoms with Gasteiger partial charge in [0.2, 0.25) is 0 Å². The van der Waals surface area contributed by atoms with Crippen LogP contribution in [0.4, 0.5) is 0 Å². The van der Waals surface area contributed by atoms with Gasteiger partial charge in [0.15, 0.2) is 11.5 Å². The Morgan fingerprint density at radius 2 is 2.44 bits per heavy atom. The van der Waals surface area contributed by atoms with Crippen molar-refractivity contribution in [3.63, 3.8) is 0 Å². The zero-order valence-corrected chi connectivity index (χ0v) is 11.2. The van der Waals surface area contributed by atoms with Crippen LogP contribution in [0, 0.1) is 0 Å². The summed E-state index contributed by atoms with van der Waals surface area (Å²) in [5.41, 5.74) is 0.558. The average Bonchev–Trinajstić information content (AvgIpc) is 2.95. The van der Waals surface area contributed by atoms with Crippen molar-refractivity contribution >= 4 is 5.78 Å². The Bertz CT molecular complexity index is 420. The first-order valence-corrected chi connectivity index (χ1v) is 6.39. The van der Waals surface area contributed by atoms with Crippen LogP contribution >= 0.6 is 0 Å². The number of hydrogen-bond donors (Lipinski definition) is 0. The quantitative estimate of drug-likeness (QED) is 0.754. The number of hydrogen-bond acceptors (Lipinski definition) is 4. The lowest BCUT2D eigenvalue weighted by Crippen LogP contribution is -2.18. The summed E-state index contributed by atoms with van der Waals surface area (Å²) < 4.78 is 12.4. The largest absolute Gasteiger partial charge is 0.493 e. The van der Waals surface area contributed by atoms with Gasteiger partial charge in [-0.05, 0) is 26.7 Å². The Morgan fingerprint density at radius 3 is 3.00 bits per heavy atom. The van der Waals surface area contributed by atoms with Gasteiger partial charge in [0, 0.05) is 19.1 Å². The summed E-state index contributed by atoms with van der Waals surface area (Å²) in [6, 6.07) is 0.136. The summed E-state index contributed by atoms with van der Waals surface area (Å²) in [5, 5.41) is 4.21. The first kappa shape index (κ1) is 13.1. The number of Topliss-reactive ketones (excluding diaryl/α,β-unsaturated/α-hetero) is 1. The summed E-state index contributed by atoms with van der Waals surface area (Å²) in [5.74, 6) is 0.594. The van der Waals surface area contributed by atoms with Gasteiger partial charge in [0.25, 0.3) is 0 Å². The number of carbonyl (C=O) groups excluding carboxylic acids is 1. The van der Waals surface area contributed by atoms with Crippen LogP contribution < -0.4 is 4.74 Å². The van der Waals surface area contributed by atoms with E-state index in [0.29, 0.717) is 17.9 Å². The minimum absolute atomic E-state index is 0.0463. The first-order valence-electron chi connectivity index (χ1n) is 6.39. The van der Waals surface area contributed by atoms with Crippen LogP contribution in [-0.4, -0.2) is 35.4 Å². The molecule has 1 aromatic rings. The first-order chi connectivity index (χ1) is 8.63. The van der Waals surface area contributed by atoms with Crippen LogP contribution in [0.15, 0.2) is 6.20 Å². The monoisotopic (exact) mass is 252 g/mol. The summed E-state index contributed by atoms with van der Waals surface area (Å²) in [7, 11) is 1.56. The summed E-state index contributed by atoms with van der Waals surface area (Å²) in [6.45, 7) is 4.75. The van der Waals surface area contributed by atoms with Crippen LogP contribution in [0.5, 0.6) is 5.75 Å². The second-order valence-electron chi connectivity index (χ2n) is 4.86. The third-order valence-corrected chi connectivity index (χ3v) is 3.17. The molecule has 5 heteroatoms. The highest BCUT2D eigenvalue weighted by atomic mass is 16.5. The maximum Gasteiger partial charge on any atom is 0.187 e. The Hall–Kier alpha value is -1.36. The minimum Gasteiger partial charge on any atom is -0.493 e. The molecule has 0 spiro atoms. The Labute approximate surface area is 107 Å². The van der Waals surface area contributed by atoms with E-state index in [1.165, 1.54) is 0 Å². The van der Waals surface area contributed by atoms with Crippen molar-refractivity contribution in [2.75, 3.05) is 13.7 Å². The van der Waals surface area contributed by atoms with E-state index in [1.807, 2.05) is 13.8 Å². The van der Waals surface area contributed by atoms with E-state index >= 15 is 0 Å². The zero-order valence-electron chi connectivity index (χ0n) is 11.2. The molecule has 100 valence electrons. The van der Waals surface area contributed by atoms with Crippen molar-refractivity contribution in [2.45, 2.75) is 45.3 Å². The standard InChI is InChI=1S/C13H20N2O3/c1-9(2)15-13(12(17-3)8-14-15)11(16)7-10-5-4-6-18-10/h8-10H,4-7H2,1-3H3. The zero-order chi connectivity index (χ0) is 13.1. The number of ketones is 1. The molecular formula is C13H20N2O3. The van der Waals surface area contributed by atoms with E-state index in [-0.39, 0.29) is 17.9 Å². The Morgan fingerprint density at radius 1 is 1.67 bits per heavy atom. The van der Waals surface area contributed by atoms with Gasteiger partial charge >= 0.3 is 0 Å². The van der Waals surface area contributed by atoms with Crippen LogP contribution in [0.25, 0.3) is 0 Å². The fourth-order valence-electron chi connectivity index (χ4n) is 2.26. The van der Waals surface area contributed by atoms with Crippen LogP contribution in [0.2, 0.25) is 0 Å². The fraction of sp³-hybridized carbons (Fsp3) is 0.692. The topological polar surface area (TPSA) is 53.4 Å². The molecule has 1 aromatic heterocycles. The number of aromatic nitrogens is 2. The van der Waals surface area contributed by atoms with Crippen molar-refractivity contribution < 1.29 is 14.3 Å². The maximum atomic E-state index is 12.3. The molecule has 1 aliphatic heterocycles. The second-order valence-corrected chi connectivity index (χ2v) is 4.86. The molecule has 0 saturated carbocycles. The maximum absolute atomic E-state index is 12.3. The molecule has 0 amide bonds. The molecule has 1 atom stereocenters. The van der Waals surface area contributed by atoms with Crippen molar-refractivity contribution in [1.82, 2.24) is 9.78 Å². The van der Waals surface area contributed by atoms with Crippen LogP contribution in [-0.2, 0) is 4.74 Å². The van der Waals surface area contributed by atoms with Crippen molar-refractivity contribution in [2.24, 2.45) is 0 Å². The van der Waals surface area contributed by atoms with Gasteiger partial charge in [0.05, 0.1) is 19.4 Å². The smallest absolute Gasteiger partial charge is 0.187 e. The van der Waals surface area contributed by atoms with E-state index < -0.39 is 0 Å². The van der Waals surface area contributed by atoms with Gasteiger partial charge in [-0.3, -0.25) is 9.48 Å². The molecule has 1 aliphatic rings. The molecule has 0 N–H and O–H groups in total. The predicted molar refractivity (Wildman–Crippen MR) is 67.1 cm³/mol. The van der Waals surface area contributed by atoms with E-state index in [4.69, 9.17) is 9.47 Å². The lowest BCUT2D eigenvalue weighted by atomic mass is 10.1. The average molecular weight is 252 g/mol. The lowest BCUT2D eigenvalue weighted by Gasteiger charge is -2.13. The van der Waals surface area contributed by atoms with E-state index in [1.54, 1.807) is 18.0 Å². The number of rotatable bonds is 5. The highest BCUT2D eigenvalue weighted by Crippen LogP contribution is 2.25. The third-order valence-electron chi connectivity index (χ3n) is 3.17. The number of carbonyl (C=O) groups is 1. The molecule has 1 saturated heterocycles. The normalized spacial score (nSPS) is 19.4. The molecule has 0 aromatic carbocycles. The highest BCUT2D eigenvalue weighted by Gasteiger charge is 2.25.